The van der Waals surface area contributed by atoms with Crippen molar-refractivity contribution in [2.45, 2.75) is 13.3 Å². The van der Waals surface area contributed by atoms with Crippen LogP contribution in [0.1, 0.15) is 13.3 Å². The van der Waals surface area contributed by atoms with Crippen molar-refractivity contribution in [2.24, 2.45) is 0 Å². The third-order valence-corrected chi connectivity index (χ3v) is 2.43. The minimum atomic E-state index is -0.176. The second-order valence-corrected chi connectivity index (χ2v) is 3.51. The molecule has 1 rings (SSSR count). The molecule has 3 heteroatoms. The van der Waals surface area contributed by atoms with Crippen molar-refractivity contribution in [1.82, 2.24) is 5.32 Å². The Morgan fingerprint density at radius 1 is 1.27 bits per heavy atom. The van der Waals surface area contributed by atoms with Crippen LogP contribution in [0.4, 0.5) is 10.1 Å². The van der Waals surface area contributed by atoms with E-state index >= 15 is 0 Å². The molecule has 0 aliphatic carbocycles. The molecule has 1 N–H and O–H groups in total. The first kappa shape index (κ1) is 12.0. The van der Waals surface area contributed by atoms with E-state index in [1.807, 2.05) is 19.2 Å². The lowest BCUT2D eigenvalue weighted by molar-refractivity contribution is 0.627. The van der Waals surface area contributed by atoms with Crippen LogP contribution in [0.2, 0.25) is 0 Å². The molecule has 0 aliphatic rings. The second kappa shape index (κ2) is 6.40. The molecule has 2 nitrogen and oxygen atoms in total. The minimum Gasteiger partial charge on any atom is -0.372 e. The van der Waals surface area contributed by atoms with Gasteiger partial charge in [-0.3, -0.25) is 0 Å². The van der Waals surface area contributed by atoms with E-state index in [1.165, 1.54) is 12.1 Å². The monoisotopic (exact) mass is 210 g/mol. The van der Waals surface area contributed by atoms with Crippen LogP contribution in [0.15, 0.2) is 24.3 Å². The van der Waals surface area contributed by atoms with Gasteiger partial charge < -0.3 is 10.2 Å². The summed E-state index contributed by atoms with van der Waals surface area (Å²) in [5, 5.41) is 3.12. The van der Waals surface area contributed by atoms with E-state index in [-0.39, 0.29) is 5.82 Å². The van der Waals surface area contributed by atoms with Crippen LogP contribution in [-0.2, 0) is 0 Å². The number of hydrogen-bond acceptors (Lipinski definition) is 2. The van der Waals surface area contributed by atoms with Crippen LogP contribution < -0.4 is 10.2 Å². The van der Waals surface area contributed by atoms with Crippen molar-refractivity contribution in [3.8, 4) is 0 Å². The summed E-state index contributed by atoms with van der Waals surface area (Å²) in [6.45, 7) is 5.08. The number of nitrogens with zero attached hydrogens (tertiary/aromatic N) is 1. The fraction of sp³-hybridized carbons (Fsp3) is 0.500. The fourth-order valence-electron chi connectivity index (χ4n) is 1.57. The summed E-state index contributed by atoms with van der Waals surface area (Å²) >= 11 is 0. The zero-order valence-corrected chi connectivity index (χ0v) is 9.46. The first-order valence-electron chi connectivity index (χ1n) is 5.43. The van der Waals surface area contributed by atoms with Crippen molar-refractivity contribution in [2.75, 3.05) is 31.6 Å². The van der Waals surface area contributed by atoms with E-state index in [1.54, 1.807) is 0 Å². The predicted octanol–water partition coefficient (Wildman–Crippen LogP) is 2.26. The SMILES string of the molecule is CCN(CCCNC)c1ccc(F)cc1. The number of rotatable bonds is 6. The van der Waals surface area contributed by atoms with E-state index in [0.717, 1.165) is 31.7 Å². The van der Waals surface area contributed by atoms with Gasteiger partial charge >= 0.3 is 0 Å². The van der Waals surface area contributed by atoms with Gasteiger partial charge in [0, 0.05) is 18.8 Å². The Hall–Kier alpha value is -1.09. The molecule has 0 saturated carbocycles. The van der Waals surface area contributed by atoms with Crippen molar-refractivity contribution < 1.29 is 4.39 Å². The summed E-state index contributed by atoms with van der Waals surface area (Å²) in [6.07, 6.45) is 1.10. The zero-order chi connectivity index (χ0) is 11.1. The molecule has 0 amide bonds. The van der Waals surface area contributed by atoms with Crippen molar-refractivity contribution in [3.63, 3.8) is 0 Å². The van der Waals surface area contributed by atoms with Gasteiger partial charge in [-0.05, 0) is 51.2 Å². The third kappa shape index (κ3) is 3.88. The van der Waals surface area contributed by atoms with Crippen LogP contribution in [0.25, 0.3) is 0 Å². The third-order valence-electron chi connectivity index (χ3n) is 2.43. The molecule has 0 unspecified atom stereocenters. The van der Waals surface area contributed by atoms with E-state index in [9.17, 15) is 4.39 Å². The van der Waals surface area contributed by atoms with Gasteiger partial charge in [-0.15, -0.1) is 0 Å². The minimum absolute atomic E-state index is 0.176. The topological polar surface area (TPSA) is 15.3 Å². The van der Waals surface area contributed by atoms with Crippen molar-refractivity contribution >= 4 is 5.69 Å². The summed E-state index contributed by atoms with van der Waals surface area (Å²) < 4.78 is 12.7. The maximum absolute atomic E-state index is 12.7. The highest BCUT2D eigenvalue weighted by Crippen LogP contribution is 2.14. The Morgan fingerprint density at radius 3 is 2.47 bits per heavy atom. The van der Waals surface area contributed by atoms with Crippen LogP contribution >= 0.6 is 0 Å². The van der Waals surface area contributed by atoms with E-state index in [4.69, 9.17) is 0 Å². The standard InChI is InChI=1S/C12H19FN2/c1-3-15(10-4-9-14-2)12-7-5-11(13)6-8-12/h5-8,14H,3-4,9-10H2,1-2H3. The normalized spacial score (nSPS) is 10.3. The Morgan fingerprint density at radius 2 is 1.93 bits per heavy atom. The Bertz CT molecular complexity index is 271. The molecule has 0 heterocycles. The van der Waals surface area contributed by atoms with Gasteiger partial charge in [0.1, 0.15) is 5.82 Å². The Kier molecular flexibility index (Phi) is 5.12. The van der Waals surface area contributed by atoms with E-state index in [2.05, 4.69) is 17.1 Å². The molecule has 1 aromatic rings. The summed E-state index contributed by atoms with van der Waals surface area (Å²) in [5.41, 5.74) is 1.09. The van der Waals surface area contributed by atoms with Gasteiger partial charge in [-0.2, -0.15) is 0 Å². The molecule has 0 aliphatic heterocycles. The Labute approximate surface area is 91.1 Å². The predicted molar refractivity (Wildman–Crippen MR) is 62.8 cm³/mol. The maximum Gasteiger partial charge on any atom is 0.123 e. The molecular formula is C12H19FN2. The molecule has 1 aromatic carbocycles. The lowest BCUT2D eigenvalue weighted by atomic mass is 10.2. The number of hydrogen-bond donors (Lipinski definition) is 1. The first-order chi connectivity index (χ1) is 7.27. The summed E-state index contributed by atoms with van der Waals surface area (Å²) in [4.78, 5) is 2.25. The molecule has 0 saturated heterocycles. The molecule has 0 spiro atoms. The number of benzene rings is 1. The van der Waals surface area contributed by atoms with Crippen molar-refractivity contribution in [1.29, 1.82) is 0 Å². The fourth-order valence-corrected chi connectivity index (χ4v) is 1.57. The zero-order valence-electron chi connectivity index (χ0n) is 9.46. The van der Waals surface area contributed by atoms with Gasteiger partial charge in [0.25, 0.3) is 0 Å². The highest BCUT2D eigenvalue weighted by Gasteiger charge is 2.03. The van der Waals surface area contributed by atoms with E-state index in [0.29, 0.717) is 0 Å². The van der Waals surface area contributed by atoms with Gasteiger partial charge in [-0.1, -0.05) is 0 Å². The van der Waals surface area contributed by atoms with Gasteiger partial charge in [0.15, 0.2) is 0 Å². The first-order valence-corrected chi connectivity index (χ1v) is 5.43. The van der Waals surface area contributed by atoms with Crippen LogP contribution in [0, 0.1) is 5.82 Å². The lowest BCUT2D eigenvalue weighted by Gasteiger charge is -2.22. The quantitative estimate of drug-likeness (QED) is 0.724. The average molecular weight is 210 g/mol. The van der Waals surface area contributed by atoms with Crippen LogP contribution in [0.3, 0.4) is 0 Å². The Balaban J connectivity index is 2.53. The molecule has 0 radical (unpaired) electrons. The second-order valence-electron chi connectivity index (χ2n) is 3.51. The molecule has 0 bridgehead atoms. The lowest BCUT2D eigenvalue weighted by Crippen LogP contribution is -2.26. The highest BCUT2D eigenvalue weighted by molar-refractivity contribution is 5.45. The summed E-state index contributed by atoms with van der Waals surface area (Å²) in [5.74, 6) is -0.176. The van der Waals surface area contributed by atoms with Gasteiger partial charge in [0.2, 0.25) is 0 Å². The largest absolute Gasteiger partial charge is 0.372 e. The molecule has 15 heavy (non-hydrogen) atoms. The molecule has 84 valence electrons. The smallest absolute Gasteiger partial charge is 0.123 e. The number of nitrogens with one attached hydrogen (secondary N) is 1. The maximum atomic E-state index is 12.7. The summed E-state index contributed by atoms with van der Waals surface area (Å²) in [7, 11) is 1.95. The van der Waals surface area contributed by atoms with Crippen LogP contribution in [0.5, 0.6) is 0 Å². The average Bonchev–Trinajstić information content (AvgIpc) is 2.26. The molecule has 0 aromatic heterocycles. The molecule has 0 atom stereocenters. The van der Waals surface area contributed by atoms with Crippen LogP contribution in [-0.4, -0.2) is 26.7 Å². The number of anilines is 1. The van der Waals surface area contributed by atoms with Crippen molar-refractivity contribution in [3.05, 3.63) is 30.1 Å². The van der Waals surface area contributed by atoms with Gasteiger partial charge in [0.05, 0.1) is 0 Å². The highest BCUT2D eigenvalue weighted by atomic mass is 19.1. The molecular weight excluding hydrogens is 191 g/mol. The molecule has 0 fully saturated rings. The summed E-state index contributed by atoms with van der Waals surface area (Å²) in [6, 6.07) is 6.68. The number of halogens is 1. The van der Waals surface area contributed by atoms with E-state index < -0.39 is 0 Å². The van der Waals surface area contributed by atoms with Gasteiger partial charge in [-0.25, -0.2) is 4.39 Å².